The molecule has 3 N–H and O–H groups in total. The molecule has 0 fully saturated rings. The summed E-state index contributed by atoms with van der Waals surface area (Å²) in [4.78, 5) is 12.8. The lowest BCUT2D eigenvalue weighted by molar-refractivity contribution is 0.0950. The highest BCUT2D eigenvalue weighted by atomic mass is 35.5. The Balaban J connectivity index is 1.68. The quantitative estimate of drug-likeness (QED) is 0.372. The van der Waals surface area contributed by atoms with Crippen LogP contribution >= 0.6 is 11.6 Å². The molecule has 10 nitrogen and oxygen atoms in total. The van der Waals surface area contributed by atoms with Gasteiger partial charge in [0.2, 0.25) is 11.6 Å². The van der Waals surface area contributed by atoms with Crippen molar-refractivity contribution in [1.82, 2.24) is 30.7 Å². The third-order valence-electron chi connectivity index (χ3n) is 4.16. The van der Waals surface area contributed by atoms with Gasteiger partial charge in [-0.15, -0.1) is 5.10 Å². The molecule has 4 rings (SSSR count). The average Bonchev–Trinajstić information content (AvgIpc) is 3.36. The second-order valence-corrected chi connectivity index (χ2v) is 6.72. The first-order valence-corrected chi connectivity index (χ1v) is 9.11. The summed E-state index contributed by atoms with van der Waals surface area (Å²) in [5.41, 5.74) is 11.2. The highest BCUT2D eigenvalue weighted by Gasteiger charge is 2.25. The number of hydrogen-bond donors (Lipinski definition) is 2. The second kappa shape index (κ2) is 8.13. The smallest absolute Gasteiger partial charge is 0.294 e. The summed E-state index contributed by atoms with van der Waals surface area (Å²) in [6, 6.07) is 14.5. The van der Waals surface area contributed by atoms with E-state index in [-0.39, 0.29) is 17.3 Å². The first kappa shape index (κ1) is 19.3. The van der Waals surface area contributed by atoms with Crippen LogP contribution in [0.15, 0.2) is 58.3 Å². The number of aromatic nitrogens is 5. The van der Waals surface area contributed by atoms with Crippen LogP contribution in [-0.4, -0.2) is 37.4 Å². The van der Waals surface area contributed by atoms with Crippen LogP contribution in [0.2, 0.25) is 5.02 Å². The van der Waals surface area contributed by atoms with Gasteiger partial charge >= 0.3 is 0 Å². The van der Waals surface area contributed by atoms with Crippen LogP contribution in [0.5, 0.6) is 0 Å². The third-order valence-corrected chi connectivity index (χ3v) is 4.41. The Morgan fingerprint density at radius 3 is 2.57 bits per heavy atom. The van der Waals surface area contributed by atoms with Crippen molar-refractivity contribution in [2.75, 3.05) is 5.73 Å². The van der Waals surface area contributed by atoms with Crippen molar-refractivity contribution in [2.45, 2.75) is 6.92 Å². The molecule has 0 spiro atoms. The Morgan fingerprint density at radius 1 is 1.17 bits per heavy atom. The number of hydrogen-bond acceptors (Lipinski definition) is 8. The maximum Gasteiger partial charge on any atom is 0.294 e. The Kier molecular flexibility index (Phi) is 5.22. The van der Waals surface area contributed by atoms with Crippen molar-refractivity contribution in [3.05, 3.63) is 70.4 Å². The van der Waals surface area contributed by atoms with E-state index in [9.17, 15) is 4.79 Å². The molecule has 0 unspecified atom stereocenters. The van der Waals surface area contributed by atoms with Gasteiger partial charge in [0.15, 0.2) is 5.69 Å². The number of carbonyl (C=O) groups excluding carboxylic acids is 1. The van der Waals surface area contributed by atoms with E-state index in [0.717, 1.165) is 11.1 Å². The van der Waals surface area contributed by atoms with Gasteiger partial charge in [-0.2, -0.15) is 9.78 Å². The van der Waals surface area contributed by atoms with Crippen molar-refractivity contribution >= 4 is 29.5 Å². The number of carbonyl (C=O) groups is 1. The Morgan fingerprint density at radius 2 is 1.90 bits per heavy atom. The van der Waals surface area contributed by atoms with E-state index >= 15 is 0 Å². The number of hydrazone groups is 1. The molecule has 0 radical (unpaired) electrons. The lowest BCUT2D eigenvalue weighted by atomic mass is 10.1. The summed E-state index contributed by atoms with van der Waals surface area (Å²) < 4.78 is 5.95. The first-order valence-electron chi connectivity index (χ1n) is 8.73. The topological polar surface area (TPSA) is 137 Å². The zero-order valence-electron chi connectivity index (χ0n) is 15.7. The van der Waals surface area contributed by atoms with Crippen molar-refractivity contribution in [1.29, 1.82) is 0 Å². The molecule has 150 valence electrons. The summed E-state index contributed by atoms with van der Waals surface area (Å²) in [5, 5.41) is 19.9. The average molecular weight is 423 g/mol. The highest BCUT2D eigenvalue weighted by molar-refractivity contribution is 6.30. The molecule has 2 aromatic heterocycles. The Labute approximate surface area is 175 Å². The molecule has 0 saturated carbocycles. The van der Waals surface area contributed by atoms with Gasteiger partial charge in [0.05, 0.1) is 6.21 Å². The highest BCUT2D eigenvalue weighted by Crippen LogP contribution is 2.26. The Hall–Kier alpha value is -4.05. The predicted molar refractivity (Wildman–Crippen MR) is 110 cm³/mol. The van der Waals surface area contributed by atoms with Gasteiger partial charge in [0.25, 0.3) is 5.91 Å². The normalized spacial score (nSPS) is 11.1. The minimum absolute atomic E-state index is 0.0148. The summed E-state index contributed by atoms with van der Waals surface area (Å²) in [6.45, 7) is 1.96. The van der Waals surface area contributed by atoms with Crippen LogP contribution in [0.4, 0.5) is 5.82 Å². The molecule has 0 aliphatic carbocycles. The summed E-state index contributed by atoms with van der Waals surface area (Å²) >= 11 is 5.86. The molecule has 1 amide bonds. The molecule has 30 heavy (non-hydrogen) atoms. The number of halogens is 1. The van der Waals surface area contributed by atoms with Crippen molar-refractivity contribution in [3.63, 3.8) is 0 Å². The van der Waals surface area contributed by atoms with E-state index in [1.54, 1.807) is 24.3 Å². The SMILES string of the molecule is Cc1ccc(-c2c(C(=O)NN=Cc3ccc(Cl)cc3)nnn2-c2nonc2N)cc1. The van der Waals surface area contributed by atoms with E-state index in [2.05, 4.69) is 35.8 Å². The monoisotopic (exact) mass is 422 g/mol. The number of rotatable bonds is 5. The molecular weight excluding hydrogens is 408 g/mol. The maximum absolute atomic E-state index is 12.8. The molecule has 11 heteroatoms. The summed E-state index contributed by atoms with van der Waals surface area (Å²) in [7, 11) is 0. The Bertz CT molecular complexity index is 1210. The molecule has 4 aromatic rings. The molecule has 2 aromatic carbocycles. The molecule has 0 atom stereocenters. The van der Waals surface area contributed by atoms with Crippen LogP contribution in [0.1, 0.15) is 21.6 Å². The van der Waals surface area contributed by atoms with Crippen molar-refractivity contribution in [3.8, 4) is 17.1 Å². The van der Waals surface area contributed by atoms with E-state index in [1.165, 1.54) is 10.9 Å². The van der Waals surface area contributed by atoms with Crippen LogP contribution in [0.3, 0.4) is 0 Å². The summed E-state index contributed by atoms with van der Waals surface area (Å²) in [5.74, 6) is -0.417. The van der Waals surface area contributed by atoms with Gasteiger partial charge in [-0.1, -0.05) is 58.8 Å². The molecule has 0 aliphatic rings. The lowest BCUT2D eigenvalue weighted by Crippen LogP contribution is -2.19. The minimum Gasteiger partial charge on any atom is -0.378 e. The third kappa shape index (κ3) is 3.89. The van der Waals surface area contributed by atoms with Gasteiger partial charge in [0.1, 0.15) is 5.69 Å². The standard InChI is InChI=1S/C19H15ClN8O2/c1-11-2-6-13(7-3-11)16-15(23-27-28(16)18-17(21)25-30-26-18)19(29)24-22-10-12-4-8-14(20)9-5-12/h2-10H,1H3,(H2,21,25)(H,24,29). The molecule has 2 heterocycles. The van der Waals surface area contributed by atoms with Crippen LogP contribution in [0, 0.1) is 6.92 Å². The zero-order chi connectivity index (χ0) is 21.1. The van der Waals surface area contributed by atoms with E-state index in [4.69, 9.17) is 17.3 Å². The number of aryl methyl sites for hydroxylation is 1. The number of nitrogens with zero attached hydrogens (tertiary/aromatic N) is 6. The number of benzene rings is 2. The van der Waals surface area contributed by atoms with Gasteiger partial charge in [0, 0.05) is 10.6 Å². The minimum atomic E-state index is -0.558. The first-order chi connectivity index (χ1) is 14.5. The van der Waals surface area contributed by atoms with Crippen molar-refractivity contribution in [2.24, 2.45) is 5.10 Å². The predicted octanol–water partition coefficient (Wildman–Crippen LogP) is 2.63. The van der Waals surface area contributed by atoms with Gasteiger partial charge in [-0.05, 0) is 34.9 Å². The number of nitrogens with two attached hydrogens (primary N) is 1. The van der Waals surface area contributed by atoms with Crippen LogP contribution in [-0.2, 0) is 0 Å². The van der Waals surface area contributed by atoms with Crippen LogP contribution in [0.25, 0.3) is 17.1 Å². The van der Waals surface area contributed by atoms with Crippen molar-refractivity contribution < 1.29 is 9.42 Å². The fraction of sp³-hybridized carbons (Fsp3) is 0.0526. The second-order valence-electron chi connectivity index (χ2n) is 6.29. The lowest BCUT2D eigenvalue weighted by Gasteiger charge is -2.06. The number of nitrogen functional groups attached to an aromatic ring is 1. The number of amides is 1. The molecule has 0 aliphatic heterocycles. The van der Waals surface area contributed by atoms with Gasteiger partial charge in [-0.3, -0.25) is 4.79 Å². The molecule has 0 saturated heterocycles. The zero-order valence-corrected chi connectivity index (χ0v) is 16.4. The van der Waals surface area contributed by atoms with E-state index in [0.29, 0.717) is 16.3 Å². The molecule has 0 bridgehead atoms. The van der Waals surface area contributed by atoms with E-state index < -0.39 is 5.91 Å². The van der Waals surface area contributed by atoms with E-state index in [1.807, 2.05) is 31.2 Å². The number of anilines is 1. The number of nitrogens with one attached hydrogen (secondary N) is 1. The van der Waals surface area contributed by atoms with Gasteiger partial charge < -0.3 is 5.73 Å². The maximum atomic E-state index is 12.8. The largest absolute Gasteiger partial charge is 0.378 e. The fourth-order valence-electron chi connectivity index (χ4n) is 2.66. The van der Waals surface area contributed by atoms with Crippen LogP contribution < -0.4 is 11.2 Å². The summed E-state index contributed by atoms with van der Waals surface area (Å²) in [6.07, 6.45) is 1.49. The fourth-order valence-corrected chi connectivity index (χ4v) is 2.78. The molecular formula is C19H15ClN8O2. The van der Waals surface area contributed by atoms with Gasteiger partial charge in [-0.25, -0.2) is 10.1 Å².